The molecule has 0 aromatic rings. The molecule has 2 nitrogen and oxygen atoms in total. The van der Waals surface area contributed by atoms with Gasteiger partial charge in [-0.1, -0.05) is 6.58 Å². The van der Waals surface area contributed by atoms with Gasteiger partial charge in [-0.25, -0.2) is 0 Å². The zero-order chi connectivity index (χ0) is 5.86. The Hall–Kier alpha value is 0.170. The lowest BCUT2D eigenvalue weighted by molar-refractivity contribution is -0.114. The van der Waals surface area contributed by atoms with Crippen LogP contribution in [0.2, 0.25) is 0 Å². The van der Waals surface area contributed by atoms with Gasteiger partial charge in [-0.15, -0.1) is 0 Å². The molecule has 1 N–H and O–H groups in total. The highest BCUT2D eigenvalue weighted by atomic mass is 79.9. The van der Waals surface area contributed by atoms with Crippen LogP contribution < -0.4 is 4.34 Å². The first-order chi connectivity index (χ1) is 3.18. The highest BCUT2D eigenvalue weighted by Gasteiger charge is 1.96. The summed E-state index contributed by atoms with van der Waals surface area (Å²) in [5.41, 5.74) is 0. The quantitative estimate of drug-likeness (QED) is 0.533. The van der Waals surface area contributed by atoms with Crippen LogP contribution in [0, 0.1) is 0 Å². The van der Waals surface area contributed by atoms with Crippen molar-refractivity contribution in [2.24, 2.45) is 0 Å². The molecule has 0 aromatic carbocycles. The zero-order valence-corrected chi connectivity index (χ0v) is 6.54. The molecule has 0 atom stereocenters. The topological polar surface area (TPSA) is 29.1 Å². The molecule has 0 bridgehead atoms. The largest absolute Gasteiger partial charge is 0.288 e. The van der Waals surface area contributed by atoms with Gasteiger partial charge in [-0.3, -0.25) is 9.14 Å². The smallest absolute Gasteiger partial charge is 0.267 e. The summed E-state index contributed by atoms with van der Waals surface area (Å²) >= 11 is 5.59. The molecule has 7 heavy (non-hydrogen) atoms. The first-order valence-corrected chi connectivity index (χ1v) is 3.02. The van der Waals surface area contributed by atoms with Gasteiger partial charge < -0.3 is 0 Å². The van der Waals surface area contributed by atoms with E-state index in [1.54, 1.807) is 0 Å². The molecule has 0 radical (unpaired) electrons. The van der Waals surface area contributed by atoms with Crippen molar-refractivity contribution in [2.45, 2.75) is 0 Å². The van der Waals surface area contributed by atoms with Crippen LogP contribution in [0.25, 0.3) is 0 Å². The summed E-state index contributed by atoms with van der Waals surface area (Å²) < 4.78 is 2.50. The predicted octanol–water partition coefficient (Wildman–Crippen LogP) is 1.32. The summed E-state index contributed by atoms with van der Waals surface area (Å²) in [6.07, 6.45) is 0. The van der Waals surface area contributed by atoms with E-state index >= 15 is 0 Å². The first-order valence-electron chi connectivity index (χ1n) is 1.44. The molecule has 0 heterocycles. The maximum Gasteiger partial charge on any atom is 0.267 e. The van der Waals surface area contributed by atoms with Crippen molar-refractivity contribution >= 4 is 38.0 Å². The third kappa shape index (κ3) is 2.82. The monoisotopic (exact) mass is 227 g/mol. The summed E-state index contributed by atoms with van der Waals surface area (Å²) in [6.45, 7) is 3.30. The second-order valence-corrected chi connectivity index (χ2v) is 2.18. The molecule has 0 aliphatic heterocycles. The average Bonchev–Trinajstić information content (AvgIpc) is 1.65. The van der Waals surface area contributed by atoms with E-state index < -0.39 is 0 Å². The molecule has 0 aromatic heterocycles. The van der Waals surface area contributed by atoms with Crippen LogP contribution in [0.1, 0.15) is 0 Å². The highest BCUT2D eigenvalue weighted by molar-refractivity contribution is 9.12. The number of amides is 1. The van der Waals surface area contributed by atoms with E-state index in [4.69, 9.17) is 0 Å². The molecule has 0 fully saturated rings. The molecule has 0 aliphatic carbocycles. The molecule has 1 amide bonds. The Bertz CT molecular complexity index is 101. The summed E-state index contributed by atoms with van der Waals surface area (Å²) in [4.78, 5) is 10.2. The van der Waals surface area contributed by atoms with Crippen molar-refractivity contribution in [3.63, 3.8) is 0 Å². The lowest BCUT2D eigenvalue weighted by Crippen LogP contribution is -2.09. The average molecular weight is 229 g/mol. The van der Waals surface area contributed by atoms with Crippen LogP contribution >= 0.6 is 32.1 Å². The van der Waals surface area contributed by atoms with Crippen LogP contribution in [0.5, 0.6) is 0 Å². The summed E-state index contributed by atoms with van der Waals surface area (Å²) in [6, 6.07) is 0. The molecule has 40 valence electrons. The molecule has 0 saturated carbocycles. The van der Waals surface area contributed by atoms with E-state index in [9.17, 15) is 4.79 Å². The number of halogens is 2. The molecule has 4 heteroatoms. The second kappa shape index (κ2) is 3.21. The standard InChI is InChI=1S/C3H3Br2NO/c1-2(4)3(7)6-5/h1H2,(H,6,7). The molecule has 0 spiro atoms. The second-order valence-electron chi connectivity index (χ2n) is 0.829. The fourth-order valence-electron chi connectivity index (χ4n) is 0.0513. The van der Waals surface area contributed by atoms with E-state index in [0.29, 0.717) is 4.48 Å². The maximum absolute atomic E-state index is 10.2. The molecular weight excluding hydrogens is 226 g/mol. The van der Waals surface area contributed by atoms with E-state index in [2.05, 4.69) is 43.0 Å². The number of carbonyl (C=O) groups excluding carboxylic acids is 1. The minimum atomic E-state index is -0.264. The van der Waals surface area contributed by atoms with Gasteiger partial charge in [0, 0.05) is 16.1 Å². The Kier molecular flexibility index (Phi) is 3.29. The van der Waals surface area contributed by atoms with E-state index in [1.807, 2.05) is 0 Å². The fourth-order valence-corrected chi connectivity index (χ4v) is 0.656. The predicted molar refractivity (Wildman–Crippen MR) is 35.1 cm³/mol. The SMILES string of the molecule is C=C(Br)C(=O)NBr. The molecular formula is C3H3Br2NO. The van der Waals surface area contributed by atoms with Gasteiger partial charge in [-0.2, -0.15) is 0 Å². The number of hydrogen-bond acceptors (Lipinski definition) is 1. The first kappa shape index (κ1) is 7.17. The fraction of sp³-hybridized carbons (Fsp3) is 0. The van der Waals surface area contributed by atoms with Crippen molar-refractivity contribution < 1.29 is 4.79 Å². The van der Waals surface area contributed by atoms with Crippen LogP contribution in [0.4, 0.5) is 0 Å². The van der Waals surface area contributed by atoms with Gasteiger partial charge in [-0.05, 0) is 15.9 Å². The highest BCUT2D eigenvalue weighted by Crippen LogP contribution is 1.99. The van der Waals surface area contributed by atoms with Crippen molar-refractivity contribution in [1.29, 1.82) is 0 Å². The van der Waals surface area contributed by atoms with Gasteiger partial charge in [0.2, 0.25) is 0 Å². The minimum Gasteiger partial charge on any atom is -0.288 e. The van der Waals surface area contributed by atoms with Crippen molar-refractivity contribution in [3.8, 4) is 0 Å². The lowest BCUT2D eigenvalue weighted by Gasteiger charge is -1.87. The van der Waals surface area contributed by atoms with Crippen LogP contribution in [0.3, 0.4) is 0 Å². The molecule has 0 unspecified atom stereocenters. The Morgan fingerprint density at radius 2 is 2.14 bits per heavy atom. The number of carbonyl (C=O) groups is 1. The van der Waals surface area contributed by atoms with Gasteiger partial charge in [0.05, 0.1) is 4.48 Å². The number of hydrogen-bond donors (Lipinski definition) is 1. The van der Waals surface area contributed by atoms with Gasteiger partial charge >= 0.3 is 0 Å². The van der Waals surface area contributed by atoms with Gasteiger partial charge in [0.15, 0.2) is 0 Å². The third-order valence-corrected chi connectivity index (χ3v) is 1.05. The van der Waals surface area contributed by atoms with E-state index in [0.717, 1.165) is 0 Å². The molecule has 0 aliphatic rings. The van der Waals surface area contributed by atoms with Crippen LogP contribution in [-0.4, -0.2) is 5.91 Å². The number of rotatable bonds is 1. The lowest BCUT2D eigenvalue weighted by atomic mass is 10.6. The van der Waals surface area contributed by atoms with Gasteiger partial charge in [0.1, 0.15) is 0 Å². The third-order valence-electron chi connectivity index (χ3n) is 0.332. The van der Waals surface area contributed by atoms with E-state index in [1.165, 1.54) is 0 Å². The summed E-state index contributed by atoms with van der Waals surface area (Å²) in [5, 5.41) is 0. The van der Waals surface area contributed by atoms with Crippen molar-refractivity contribution in [2.75, 3.05) is 0 Å². The molecule has 0 saturated heterocycles. The molecule has 0 rings (SSSR count). The Labute approximate surface area is 58.4 Å². The number of nitrogens with one attached hydrogen (secondary N) is 1. The Morgan fingerprint density at radius 3 is 2.14 bits per heavy atom. The van der Waals surface area contributed by atoms with Crippen molar-refractivity contribution in [3.05, 3.63) is 11.1 Å². The summed E-state index contributed by atoms with van der Waals surface area (Å²) in [5.74, 6) is -0.264. The Morgan fingerprint density at radius 1 is 1.71 bits per heavy atom. The summed E-state index contributed by atoms with van der Waals surface area (Å²) in [7, 11) is 0. The van der Waals surface area contributed by atoms with Crippen molar-refractivity contribution in [1.82, 2.24) is 4.34 Å². The maximum atomic E-state index is 10.2. The van der Waals surface area contributed by atoms with Crippen LogP contribution in [-0.2, 0) is 4.79 Å². The normalized spacial score (nSPS) is 7.71. The zero-order valence-electron chi connectivity index (χ0n) is 3.37. The minimum absolute atomic E-state index is 0.264. The Balaban J connectivity index is 3.58. The van der Waals surface area contributed by atoms with Gasteiger partial charge in [0.25, 0.3) is 5.91 Å². The van der Waals surface area contributed by atoms with E-state index in [-0.39, 0.29) is 5.91 Å². The van der Waals surface area contributed by atoms with Crippen LogP contribution in [0.15, 0.2) is 11.1 Å².